The van der Waals surface area contributed by atoms with E-state index >= 15 is 0 Å². The van der Waals surface area contributed by atoms with Crippen LogP contribution in [-0.2, 0) is 11.3 Å². The molecule has 1 N–H and O–H groups in total. The first kappa shape index (κ1) is 14.6. The average Bonchev–Trinajstić information content (AvgIpc) is 2.53. The van der Waals surface area contributed by atoms with Gasteiger partial charge in [0, 0.05) is 0 Å². The first-order valence-electron chi connectivity index (χ1n) is 6.68. The lowest BCUT2D eigenvalue weighted by Crippen LogP contribution is -2.18. The molecular weight excluding hydrogens is 252 g/mol. The fourth-order valence-corrected chi connectivity index (χ4v) is 1.96. The summed E-state index contributed by atoms with van der Waals surface area (Å²) in [5.74, 6) is 0.825. The zero-order valence-corrected chi connectivity index (χ0v) is 11.8. The predicted molar refractivity (Wildman–Crippen MR) is 78.6 cm³/mol. The molecule has 0 saturated heterocycles. The van der Waals surface area contributed by atoms with Crippen molar-refractivity contribution in [1.82, 2.24) is 0 Å². The minimum atomic E-state index is -0.616. The predicted octanol–water partition coefficient (Wildman–Crippen LogP) is 3.33. The molecule has 0 radical (unpaired) electrons. The summed E-state index contributed by atoms with van der Waals surface area (Å²) in [6, 6.07) is 17.3. The molecule has 3 heteroatoms. The van der Waals surface area contributed by atoms with Gasteiger partial charge in [-0.3, -0.25) is 0 Å². The number of hydrogen-bond donors (Lipinski definition) is 1. The Morgan fingerprint density at radius 3 is 2.25 bits per heavy atom. The standard InChI is InChI=1S/C17H20O3/c1-13(17(18)15-6-4-3-5-7-15)20-12-14-8-10-16(19-2)11-9-14/h3-11,13,17-18H,12H2,1-2H3/t13?,17-/m1/s1. The van der Waals surface area contributed by atoms with Gasteiger partial charge in [-0.15, -0.1) is 0 Å². The molecule has 1 unspecified atom stereocenters. The molecule has 0 aromatic heterocycles. The number of aliphatic hydroxyl groups excluding tert-OH is 1. The highest BCUT2D eigenvalue weighted by Gasteiger charge is 2.16. The quantitative estimate of drug-likeness (QED) is 0.876. The molecule has 0 spiro atoms. The monoisotopic (exact) mass is 272 g/mol. The molecule has 0 bridgehead atoms. The number of aliphatic hydroxyl groups is 1. The molecule has 0 amide bonds. The lowest BCUT2D eigenvalue weighted by molar-refractivity contribution is -0.0364. The molecule has 2 rings (SSSR count). The fraction of sp³-hybridized carbons (Fsp3) is 0.294. The van der Waals surface area contributed by atoms with Crippen molar-refractivity contribution in [3.8, 4) is 5.75 Å². The largest absolute Gasteiger partial charge is 0.497 e. The molecule has 3 nitrogen and oxygen atoms in total. The van der Waals surface area contributed by atoms with Crippen molar-refractivity contribution in [2.45, 2.75) is 25.7 Å². The number of methoxy groups -OCH3 is 1. The van der Waals surface area contributed by atoms with E-state index in [1.54, 1.807) is 7.11 Å². The van der Waals surface area contributed by atoms with Crippen molar-refractivity contribution in [3.05, 3.63) is 65.7 Å². The van der Waals surface area contributed by atoms with Crippen molar-refractivity contribution < 1.29 is 14.6 Å². The lowest BCUT2D eigenvalue weighted by Gasteiger charge is -2.20. The second-order valence-electron chi connectivity index (χ2n) is 4.72. The summed E-state index contributed by atoms with van der Waals surface area (Å²) in [6.07, 6.45) is -0.881. The van der Waals surface area contributed by atoms with Gasteiger partial charge >= 0.3 is 0 Å². The van der Waals surface area contributed by atoms with E-state index in [2.05, 4.69) is 0 Å². The van der Waals surface area contributed by atoms with E-state index in [0.29, 0.717) is 6.61 Å². The molecule has 20 heavy (non-hydrogen) atoms. The van der Waals surface area contributed by atoms with Gasteiger partial charge in [0.25, 0.3) is 0 Å². The van der Waals surface area contributed by atoms with Crippen LogP contribution >= 0.6 is 0 Å². The third-order valence-electron chi connectivity index (χ3n) is 3.26. The molecule has 0 aliphatic carbocycles. The summed E-state index contributed by atoms with van der Waals surface area (Å²) in [5.41, 5.74) is 1.92. The van der Waals surface area contributed by atoms with Crippen LogP contribution in [0.3, 0.4) is 0 Å². The van der Waals surface area contributed by atoms with Gasteiger partial charge in [0.1, 0.15) is 11.9 Å². The van der Waals surface area contributed by atoms with Crippen LogP contribution < -0.4 is 4.74 Å². The van der Waals surface area contributed by atoms with Crippen molar-refractivity contribution in [2.24, 2.45) is 0 Å². The summed E-state index contributed by atoms with van der Waals surface area (Å²) in [7, 11) is 1.64. The van der Waals surface area contributed by atoms with Gasteiger partial charge in [0.2, 0.25) is 0 Å². The number of benzene rings is 2. The summed E-state index contributed by atoms with van der Waals surface area (Å²) in [5, 5.41) is 10.2. The Hall–Kier alpha value is -1.84. The SMILES string of the molecule is COc1ccc(COC(C)[C@@H](O)c2ccccc2)cc1. The van der Waals surface area contributed by atoms with Crippen molar-refractivity contribution in [3.63, 3.8) is 0 Å². The second-order valence-corrected chi connectivity index (χ2v) is 4.72. The van der Waals surface area contributed by atoms with Crippen LogP contribution in [0.5, 0.6) is 5.75 Å². The average molecular weight is 272 g/mol. The highest BCUT2D eigenvalue weighted by Crippen LogP contribution is 2.20. The fourth-order valence-electron chi connectivity index (χ4n) is 1.96. The maximum Gasteiger partial charge on any atom is 0.118 e. The molecule has 0 fully saturated rings. The first-order chi connectivity index (χ1) is 9.70. The molecule has 0 aliphatic heterocycles. The number of ether oxygens (including phenoxy) is 2. The molecule has 0 saturated carbocycles. The van der Waals surface area contributed by atoms with E-state index in [4.69, 9.17) is 9.47 Å². The van der Waals surface area contributed by atoms with E-state index in [0.717, 1.165) is 16.9 Å². The molecule has 2 atom stereocenters. The molecule has 0 heterocycles. The Balaban J connectivity index is 1.89. The highest BCUT2D eigenvalue weighted by molar-refractivity contribution is 5.26. The first-order valence-corrected chi connectivity index (χ1v) is 6.68. The maximum atomic E-state index is 10.2. The molecule has 0 aliphatic rings. The number of hydrogen-bond acceptors (Lipinski definition) is 3. The maximum absolute atomic E-state index is 10.2. The Morgan fingerprint density at radius 1 is 1.00 bits per heavy atom. The molecule has 106 valence electrons. The van der Waals surface area contributed by atoms with E-state index in [-0.39, 0.29) is 6.10 Å². The van der Waals surface area contributed by atoms with Gasteiger partial charge in [0.15, 0.2) is 0 Å². The normalized spacial score (nSPS) is 13.8. The van der Waals surface area contributed by atoms with E-state index < -0.39 is 6.10 Å². The van der Waals surface area contributed by atoms with Gasteiger partial charge in [0.05, 0.1) is 19.8 Å². The second kappa shape index (κ2) is 7.08. The molecule has 2 aromatic carbocycles. The topological polar surface area (TPSA) is 38.7 Å². The molecular formula is C17H20O3. The van der Waals surface area contributed by atoms with Gasteiger partial charge in [-0.2, -0.15) is 0 Å². The molecule has 2 aromatic rings. The number of rotatable bonds is 6. The van der Waals surface area contributed by atoms with Crippen LogP contribution in [0.25, 0.3) is 0 Å². The van der Waals surface area contributed by atoms with Gasteiger partial charge in [-0.1, -0.05) is 42.5 Å². The Kier molecular flexibility index (Phi) is 5.16. The smallest absolute Gasteiger partial charge is 0.118 e. The van der Waals surface area contributed by atoms with Crippen LogP contribution in [-0.4, -0.2) is 18.3 Å². The van der Waals surface area contributed by atoms with Gasteiger partial charge < -0.3 is 14.6 Å². The van der Waals surface area contributed by atoms with Gasteiger partial charge in [-0.25, -0.2) is 0 Å². The van der Waals surface area contributed by atoms with Crippen LogP contribution in [0.15, 0.2) is 54.6 Å². The third kappa shape index (κ3) is 3.83. The van der Waals surface area contributed by atoms with Crippen molar-refractivity contribution in [1.29, 1.82) is 0 Å². The summed E-state index contributed by atoms with van der Waals surface area (Å²) in [4.78, 5) is 0. The summed E-state index contributed by atoms with van der Waals surface area (Å²) < 4.78 is 10.8. The Labute approximate surface area is 119 Å². The zero-order chi connectivity index (χ0) is 14.4. The van der Waals surface area contributed by atoms with Crippen molar-refractivity contribution in [2.75, 3.05) is 7.11 Å². The lowest BCUT2D eigenvalue weighted by atomic mass is 10.1. The van der Waals surface area contributed by atoms with Gasteiger partial charge in [-0.05, 0) is 30.2 Å². The van der Waals surface area contributed by atoms with Crippen molar-refractivity contribution >= 4 is 0 Å². The van der Waals surface area contributed by atoms with Crippen LogP contribution in [0, 0.1) is 0 Å². The minimum Gasteiger partial charge on any atom is -0.497 e. The van der Waals surface area contributed by atoms with E-state index in [1.807, 2.05) is 61.5 Å². The highest BCUT2D eigenvalue weighted by atomic mass is 16.5. The van der Waals surface area contributed by atoms with E-state index in [9.17, 15) is 5.11 Å². The van der Waals surface area contributed by atoms with Crippen LogP contribution in [0.1, 0.15) is 24.2 Å². The Bertz CT molecular complexity index is 508. The van der Waals surface area contributed by atoms with Crippen LogP contribution in [0.4, 0.5) is 0 Å². The minimum absolute atomic E-state index is 0.264. The van der Waals surface area contributed by atoms with Crippen LogP contribution in [0.2, 0.25) is 0 Å². The summed E-state index contributed by atoms with van der Waals surface area (Å²) >= 11 is 0. The summed E-state index contributed by atoms with van der Waals surface area (Å²) in [6.45, 7) is 2.34. The Morgan fingerprint density at radius 2 is 1.65 bits per heavy atom. The van der Waals surface area contributed by atoms with E-state index in [1.165, 1.54) is 0 Å². The third-order valence-corrected chi connectivity index (χ3v) is 3.26. The zero-order valence-electron chi connectivity index (χ0n) is 11.8.